The van der Waals surface area contributed by atoms with Gasteiger partial charge in [0.25, 0.3) is 11.9 Å². The Balaban J connectivity index is 1.15. The van der Waals surface area contributed by atoms with Crippen molar-refractivity contribution in [3.63, 3.8) is 0 Å². The predicted molar refractivity (Wildman–Crippen MR) is 129 cm³/mol. The number of hydrogen-bond donors (Lipinski definition) is 3. The average Bonchev–Trinajstić information content (AvgIpc) is 3.41. The van der Waals surface area contributed by atoms with Gasteiger partial charge < -0.3 is 30.2 Å². The molecule has 36 heavy (non-hydrogen) atoms. The maximum Gasteiger partial charge on any atom is 0.298 e. The van der Waals surface area contributed by atoms with Crippen LogP contribution in [0.1, 0.15) is 27.7 Å². The number of nitrogens with one attached hydrogen (secondary N) is 1. The highest BCUT2D eigenvalue weighted by molar-refractivity contribution is 5.96. The summed E-state index contributed by atoms with van der Waals surface area (Å²) >= 11 is 0. The van der Waals surface area contributed by atoms with E-state index in [0.717, 1.165) is 5.56 Å². The van der Waals surface area contributed by atoms with Crippen molar-refractivity contribution in [1.29, 1.82) is 0 Å². The van der Waals surface area contributed by atoms with Gasteiger partial charge in [0.05, 0.1) is 37.0 Å². The molecule has 0 saturated carbocycles. The molecule has 0 spiro atoms. The zero-order valence-corrected chi connectivity index (χ0v) is 19.3. The Hall–Kier alpha value is -4.47. The Morgan fingerprint density at radius 1 is 1.28 bits per heavy atom. The summed E-state index contributed by atoms with van der Waals surface area (Å²) in [6, 6.07) is 5.97. The van der Waals surface area contributed by atoms with E-state index in [1.54, 1.807) is 36.4 Å². The minimum absolute atomic E-state index is 0.0462. The number of ether oxygens (including phenoxy) is 1. The highest BCUT2D eigenvalue weighted by Crippen LogP contribution is 2.33. The maximum absolute atomic E-state index is 12.0. The standard InChI is InChI=1S/C24H22N8O4/c1-31-11-16(7-27-31)28-22-20(21(25)33)29-18(8-26-22)15-9-32(10-15)23-30-17-3-2-14(6-19(17)36-23)4-5-24(34)12-35-13-24/h2-3,6-8,11,15,34H,9-10,12-13H2,1H3,(H2,25,33)(H,26,28). The lowest BCUT2D eigenvalue weighted by molar-refractivity contribution is -0.140. The second-order valence-corrected chi connectivity index (χ2v) is 8.94. The number of carbonyl (C=O) groups excluding carboxylic acids is 1. The number of amides is 1. The van der Waals surface area contributed by atoms with Crippen LogP contribution in [0.2, 0.25) is 0 Å². The number of anilines is 3. The summed E-state index contributed by atoms with van der Waals surface area (Å²) in [7, 11) is 1.79. The molecule has 1 amide bonds. The SMILES string of the molecule is Cn1cc(Nc2ncc(C3CN(c4nc5ccc(C#CC6(O)COC6)cc5o4)C3)nc2C(N)=O)cn1. The third-order valence-electron chi connectivity index (χ3n) is 6.06. The molecule has 0 radical (unpaired) electrons. The third kappa shape index (κ3) is 4.10. The molecule has 2 saturated heterocycles. The fourth-order valence-electron chi connectivity index (χ4n) is 3.99. The van der Waals surface area contributed by atoms with Gasteiger partial charge in [0.2, 0.25) is 0 Å². The first kappa shape index (κ1) is 22.0. The number of aromatic nitrogens is 5. The summed E-state index contributed by atoms with van der Waals surface area (Å²) in [6.07, 6.45) is 5.02. The Labute approximate surface area is 205 Å². The van der Waals surface area contributed by atoms with Crippen molar-refractivity contribution in [3.05, 3.63) is 53.7 Å². The van der Waals surface area contributed by atoms with Crippen LogP contribution in [0.25, 0.3) is 11.1 Å². The number of nitrogens with two attached hydrogens (primary N) is 1. The first-order valence-electron chi connectivity index (χ1n) is 11.3. The number of carbonyl (C=O) groups is 1. The van der Waals surface area contributed by atoms with Crippen molar-refractivity contribution in [3.8, 4) is 11.8 Å². The van der Waals surface area contributed by atoms with Crippen LogP contribution in [-0.4, -0.2) is 67.7 Å². The summed E-state index contributed by atoms with van der Waals surface area (Å²) in [4.78, 5) is 27.4. The van der Waals surface area contributed by atoms with E-state index < -0.39 is 11.5 Å². The van der Waals surface area contributed by atoms with E-state index in [9.17, 15) is 9.90 Å². The van der Waals surface area contributed by atoms with Crippen molar-refractivity contribution in [2.24, 2.45) is 12.8 Å². The Morgan fingerprint density at radius 3 is 2.81 bits per heavy atom. The first-order valence-corrected chi connectivity index (χ1v) is 11.3. The maximum atomic E-state index is 12.0. The van der Waals surface area contributed by atoms with E-state index in [2.05, 4.69) is 37.2 Å². The summed E-state index contributed by atoms with van der Waals surface area (Å²) in [5.74, 6) is 5.47. The molecule has 182 valence electrons. The summed E-state index contributed by atoms with van der Waals surface area (Å²) in [6.45, 7) is 1.66. The van der Waals surface area contributed by atoms with Crippen LogP contribution < -0.4 is 16.0 Å². The van der Waals surface area contributed by atoms with Gasteiger partial charge in [-0.05, 0) is 18.2 Å². The summed E-state index contributed by atoms with van der Waals surface area (Å²) in [5, 5.41) is 17.2. The van der Waals surface area contributed by atoms with E-state index in [1.807, 2.05) is 17.0 Å². The average molecular weight is 486 g/mol. The van der Waals surface area contributed by atoms with Crippen LogP contribution in [-0.2, 0) is 11.8 Å². The fourth-order valence-corrected chi connectivity index (χ4v) is 3.99. The highest BCUT2D eigenvalue weighted by Gasteiger charge is 2.34. The summed E-state index contributed by atoms with van der Waals surface area (Å²) < 4.78 is 12.6. The molecule has 2 fully saturated rings. The minimum atomic E-state index is -1.07. The predicted octanol–water partition coefficient (Wildman–Crippen LogP) is 0.910. The summed E-state index contributed by atoms with van der Waals surface area (Å²) in [5.41, 5.74) is 7.96. The van der Waals surface area contributed by atoms with Crippen LogP contribution >= 0.6 is 0 Å². The number of nitrogens with zero attached hydrogens (tertiary/aromatic N) is 6. The van der Waals surface area contributed by atoms with Crippen LogP contribution in [0, 0.1) is 11.8 Å². The van der Waals surface area contributed by atoms with E-state index in [4.69, 9.17) is 14.9 Å². The molecule has 0 aliphatic carbocycles. The number of aliphatic hydroxyl groups is 1. The molecule has 2 aliphatic rings. The number of primary amides is 1. The van der Waals surface area contributed by atoms with Gasteiger partial charge in [-0.2, -0.15) is 10.1 Å². The largest absolute Gasteiger partial charge is 0.423 e. The lowest BCUT2D eigenvalue weighted by Crippen LogP contribution is -2.48. The van der Waals surface area contributed by atoms with E-state index in [1.165, 1.54) is 0 Å². The molecule has 5 heterocycles. The normalized spacial score (nSPS) is 16.7. The molecule has 4 aromatic rings. The third-order valence-corrected chi connectivity index (χ3v) is 6.06. The molecule has 0 unspecified atom stereocenters. The molecule has 1 aromatic carbocycles. The molecular weight excluding hydrogens is 464 g/mol. The van der Waals surface area contributed by atoms with Crippen LogP contribution in [0.3, 0.4) is 0 Å². The Bertz CT molecular complexity index is 1540. The molecule has 12 heteroatoms. The van der Waals surface area contributed by atoms with Crippen molar-refractivity contribution < 1.29 is 19.1 Å². The van der Waals surface area contributed by atoms with Gasteiger partial charge in [0, 0.05) is 37.8 Å². The fraction of sp³-hybridized carbons (Fsp3) is 0.292. The van der Waals surface area contributed by atoms with Gasteiger partial charge in [-0.15, -0.1) is 0 Å². The zero-order chi connectivity index (χ0) is 24.9. The van der Waals surface area contributed by atoms with Gasteiger partial charge in [0.15, 0.2) is 22.7 Å². The van der Waals surface area contributed by atoms with Gasteiger partial charge in [0.1, 0.15) is 5.52 Å². The van der Waals surface area contributed by atoms with Crippen LogP contribution in [0.15, 0.2) is 41.2 Å². The quantitative estimate of drug-likeness (QED) is 0.346. The number of rotatable bonds is 5. The van der Waals surface area contributed by atoms with Crippen LogP contribution in [0.4, 0.5) is 17.5 Å². The molecule has 2 aliphatic heterocycles. The number of benzene rings is 1. The van der Waals surface area contributed by atoms with E-state index >= 15 is 0 Å². The van der Waals surface area contributed by atoms with Gasteiger partial charge in [-0.25, -0.2) is 9.97 Å². The Morgan fingerprint density at radius 2 is 2.11 bits per heavy atom. The molecular formula is C24H22N8O4. The topological polar surface area (TPSA) is 157 Å². The van der Waals surface area contributed by atoms with Gasteiger partial charge in [-0.3, -0.25) is 9.48 Å². The monoisotopic (exact) mass is 486 g/mol. The van der Waals surface area contributed by atoms with Crippen molar-refractivity contribution in [2.75, 3.05) is 36.5 Å². The molecule has 6 rings (SSSR count). The Kier molecular flexibility index (Phi) is 5.10. The molecule has 0 bridgehead atoms. The second kappa shape index (κ2) is 8.33. The number of aryl methyl sites for hydroxylation is 1. The molecule has 3 aromatic heterocycles. The number of hydrogen-bond acceptors (Lipinski definition) is 10. The lowest BCUT2D eigenvalue weighted by atomic mass is 9.97. The van der Waals surface area contributed by atoms with Gasteiger partial charge in [-0.1, -0.05) is 11.8 Å². The zero-order valence-electron chi connectivity index (χ0n) is 19.3. The minimum Gasteiger partial charge on any atom is -0.423 e. The second-order valence-electron chi connectivity index (χ2n) is 8.94. The van der Waals surface area contributed by atoms with Crippen molar-refractivity contribution in [2.45, 2.75) is 11.5 Å². The number of oxazole rings is 1. The van der Waals surface area contributed by atoms with E-state index in [0.29, 0.717) is 41.6 Å². The lowest BCUT2D eigenvalue weighted by Gasteiger charge is -2.37. The smallest absolute Gasteiger partial charge is 0.298 e. The molecule has 12 nitrogen and oxygen atoms in total. The van der Waals surface area contributed by atoms with Crippen LogP contribution in [0.5, 0.6) is 0 Å². The van der Waals surface area contributed by atoms with Crippen molar-refractivity contribution in [1.82, 2.24) is 24.7 Å². The molecule has 4 N–H and O–H groups in total. The van der Waals surface area contributed by atoms with E-state index in [-0.39, 0.29) is 30.6 Å². The van der Waals surface area contributed by atoms with Gasteiger partial charge >= 0.3 is 0 Å². The number of fused-ring (bicyclic) bond motifs is 1. The van der Waals surface area contributed by atoms with Crippen molar-refractivity contribution >= 4 is 34.5 Å². The molecule has 0 atom stereocenters. The first-order chi connectivity index (χ1) is 17.3. The highest BCUT2D eigenvalue weighted by atomic mass is 16.5.